The predicted octanol–water partition coefficient (Wildman–Crippen LogP) is 2.04. The largest absolute Gasteiger partial charge is 0.373 e. The molecule has 2 nitrogen and oxygen atoms in total. The lowest BCUT2D eigenvalue weighted by Crippen LogP contribution is -2.29. The van der Waals surface area contributed by atoms with Gasteiger partial charge >= 0.3 is 0 Å². The number of anilines is 1. The van der Waals surface area contributed by atoms with Crippen molar-refractivity contribution in [2.24, 2.45) is 0 Å². The van der Waals surface area contributed by atoms with Crippen LogP contribution in [0.3, 0.4) is 0 Å². The Balaban J connectivity index is 2.39. The van der Waals surface area contributed by atoms with E-state index in [0.29, 0.717) is 0 Å². The number of rotatable bonds is 6. The second-order valence-electron chi connectivity index (χ2n) is 3.39. The summed E-state index contributed by atoms with van der Waals surface area (Å²) in [5, 5.41) is 3.20. The number of nitrogens with zero attached hydrogens (tertiary/aromatic N) is 1. The highest BCUT2D eigenvalue weighted by atomic mass is 19.1. The first kappa shape index (κ1) is 11.7. The van der Waals surface area contributed by atoms with Crippen LogP contribution < -0.4 is 10.2 Å². The lowest BCUT2D eigenvalue weighted by atomic mass is 10.3. The van der Waals surface area contributed by atoms with E-state index in [2.05, 4.69) is 11.9 Å². The zero-order valence-electron chi connectivity index (χ0n) is 9.04. The number of likely N-dealkylation sites (N-methyl/N-ethyl adjacent to an activating group) is 1. The third-order valence-corrected chi connectivity index (χ3v) is 2.16. The van der Waals surface area contributed by atoms with Crippen molar-refractivity contribution in [3.05, 3.63) is 42.7 Å². The van der Waals surface area contributed by atoms with Crippen molar-refractivity contribution in [1.82, 2.24) is 5.32 Å². The summed E-state index contributed by atoms with van der Waals surface area (Å²) in [6.07, 6.45) is 1.82. The van der Waals surface area contributed by atoms with E-state index in [4.69, 9.17) is 0 Å². The van der Waals surface area contributed by atoms with Crippen LogP contribution in [0, 0.1) is 5.82 Å². The third kappa shape index (κ3) is 4.13. The molecule has 0 atom stereocenters. The molecule has 1 N–H and O–H groups in total. The van der Waals surface area contributed by atoms with Crippen molar-refractivity contribution >= 4 is 5.69 Å². The van der Waals surface area contributed by atoms with E-state index in [1.54, 1.807) is 6.07 Å². The van der Waals surface area contributed by atoms with Crippen molar-refractivity contribution in [1.29, 1.82) is 0 Å². The van der Waals surface area contributed by atoms with Gasteiger partial charge in [-0.15, -0.1) is 6.58 Å². The molecule has 1 aromatic carbocycles. The minimum Gasteiger partial charge on any atom is -0.373 e. The molecule has 1 rings (SSSR count). The van der Waals surface area contributed by atoms with Gasteiger partial charge in [-0.25, -0.2) is 4.39 Å². The monoisotopic (exact) mass is 208 g/mol. The molecule has 82 valence electrons. The fourth-order valence-corrected chi connectivity index (χ4v) is 1.29. The molecule has 0 unspecified atom stereocenters. The average Bonchev–Trinajstić information content (AvgIpc) is 2.24. The molecule has 3 heteroatoms. The second-order valence-corrected chi connectivity index (χ2v) is 3.39. The summed E-state index contributed by atoms with van der Waals surface area (Å²) < 4.78 is 12.9. The van der Waals surface area contributed by atoms with Crippen LogP contribution >= 0.6 is 0 Å². The second kappa shape index (κ2) is 6.19. The van der Waals surface area contributed by atoms with Gasteiger partial charge in [-0.2, -0.15) is 0 Å². The van der Waals surface area contributed by atoms with Crippen LogP contribution in [-0.2, 0) is 0 Å². The quantitative estimate of drug-likeness (QED) is 0.568. The SMILES string of the molecule is C=CCNCCN(C)c1cccc(F)c1. The zero-order chi connectivity index (χ0) is 11.1. The lowest BCUT2D eigenvalue weighted by Gasteiger charge is -2.19. The van der Waals surface area contributed by atoms with Gasteiger partial charge in [0.05, 0.1) is 0 Å². The Morgan fingerprint density at radius 1 is 1.53 bits per heavy atom. The van der Waals surface area contributed by atoms with E-state index in [9.17, 15) is 4.39 Å². The molecule has 1 aromatic rings. The van der Waals surface area contributed by atoms with Crippen LogP contribution in [0.15, 0.2) is 36.9 Å². The fourth-order valence-electron chi connectivity index (χ4n) is 1.29. The van der Waals surface area contributed by atoms with Gasteiger partial charge in [-0.1, -0.05) is 12.1 Å². The molecule has 0 saturated carbocycles. The molecule has 0 aliphatic carbocycles. The van der Waals surface area contributed by atoms with Crippen LogP contribution in [-0.4, -0.2) is 26.7 Å². The van der Waals surface area contributed by atoms with Gasteiger partial charge in [0.1, 0.15) is 5.82 Å². The molecule has 0 aliphatic heterocycles. The van der Waals surface area contributed by atoms with Crippen molar-refractivity contribution in [3.63, 3.8) is 0 Å². The molecule has 0 amide bonds. The van der Waals surface area contributed by atoms with Crippen molar-refractivity contribution in [2.45, 2.75) is 0 Å². The van der Waals surface area contributed by atoms with Gasteiger partial charge in [0.25, 0.3) is 0 Å². The average molecular weight is 208 g/mol. The Bertz CT molecular complexity index is 312. The summed E-state index contributed by atoms with van der Waals surface area (Å²) in [7, 11) is 1.95. The van der Waals surface area contributed by atoms with Crippen molar-refractivity contribution < 1.29 is 4.39 Å². The normalized spacial score (nSPS) is 10.0. The molecule has 0 radical (unpaired) electrons. The fraction of sp³-hybridized carbons (Fsp3) is 0.333. The summed E-state index contributed by atoms with van der Waals surface area (Å²) in [5.74, 6) is -0.196. The van der Waals surface area contributed by atoms with Crippen molar-refractivity contribution in [3.8, 4) is 0 Å². The Hall–Kier alpha value is -1.35. The van der Waals surface area contributed by atoms with Crippen LogP contribution in [0.25, 0.3) is 0 Å². The maximum Gasteiger partial charge on any atom is 0.125 e. The summed E-state index contributed by atoms with van der Waals surface area (Å²) in [6.45, 7) is 6.13. The molecule has 0 saturated heterocycles. The van der Waals surface area contributed by atoms with E-state index in [1.807, 2.05) is 24.1 Å². The van der Waals surface area contributed by atoms with E-state index in [0.717, 1.165) is 25.3 Å². The van der Waals surface area contributed by atoms with E-state index in [-0.39, 0.29) is 5.82 Å². The molecule has 0 fully saturated rings. The first-order chi connectivity index (χ1) is 7.24. The van der Waals surface area contributed by atoms with Crippen LogP contribution in [0.2, 0.25) is 0 Å². The number of hydrogen-bond acceptors (Lipinski definition) is 2. The molecule has 0 spiro atoms. The molecule has 0 bridgehead atoms. The Kier molecular flexibility index (Phi) is 4.84. The molecule has 0 aliphatic rings. The molecular weight excluding hydrogens is 191 g/mol. The predicted molar refractivity (Wildman–Crippen MR) is 62.7 cm³/mol. The van der Waals surface area contributed by atoms with E-state index < -0.39 is 0 Å². The highest BCUT2D eigenvalue weighted by Crippen LogP contribution is 2.12. The highest BCUT2D eigenvalue weighted by Gasteiger charge is 2.00. The van der Waals surface area contributed by atoms with E-state index in [1.165, 1.54) is 12.1 Å². The topological polar surface area (TPSA) is 15.3 Å². The molecule has 0 aromatic heterocycles. The standard InChI is InChI=1S/C12H17FN2/c1-3-7-14-8-9-15(2)12-6-4-5-11(13)10-12/h3-6,10,14H,1,7-9H2,2H3. The first-order valence-electron chi connectivity index (χ1n) is 5.02. The number of benzene rings is 1. The first-order valence-corrected chi connectivity index (χ1v) is 5.02. The van der Waals surface area contributed by atoms with Gasteiger partial charge < -0.3 is 10.2 Å². The Morgan fingerprint density at radius 2 is 2.33 bits per heavy atom. The Morgan fingerprint density at radius 3 is 3.00 bits per heavy atom. The lowest BCUT2D eigenvalue weighted by molar-refractivity contribution is 0.626. The number of halogens is 1. The summed E-state index contributed by atoms with van der Waals surface area (Å²) in [5.41, 5.74) is 0.899. The van der Waals surface area contributed by atoms with Gasteiger partial charge in [0.2, 0.25) is 0 Å². The molecule has 15 heavy (non-hydrogen) atoms. The summed E-state index contributed by atoms with van der Waals surface area (Å²) in [6, 6.07) is 6.61. The zero-order valence-corrected chi connectivity index (χ0v) is 9.04. The highest BCUT2D eigenvalue weighted by molar-refractivity contribution is 5.45. The van der Waals surface area contributed by atoms with Crippen molar-refractivity contribution in [2.75, 3.05) is 31.6 Å². The third-order valence-electron chi connectivity index (χ3n) is 2.16. The number of nitrogens with one attached hydrogen (secondary N) is 1. The molecule has 0 heterocycles. The minimum absolute atomic E-state index is 0.196. The van der Waals surface area contributed by atoms with E-state index >= 15 is 0 Å². The van der Waals surface area contributed by atoms with Crippen LogP contribution in [0.4, 0.5) is 10.1 Å². The van der Waals surface area contributed by atoms with Gasteiger partial charge in [0, 0.05) is 32.4 Å². The maximum absolute atomic E-state index is 12.9. The maximum atomic E-state index is 12.9. The minimum atomic E-state index is -0.196. The summed E-state index contributed by atoms with van der Waals surface area (Å²) >= 11 is 0. The van der Waals surface area contributed by atoms with Gasteiger partial charge in [0.15, 0.2) is 0 Å². The summed E-state index contributed by atoms with van der Waals surface area (Å²) in [4.78, 5) is 2.01. The van der Waals surface area contributed by atoms with Gasteiger partial charge in [-0.3, -0.25) is 0 Å². The molecular formula is C12H17FN2. The number of hydrogen-bond donors (Lipinski definition) is 1. The van der Waals surface area contributed by atoms with Crippen LogP contribution in [0.1, 0.15) is 0 Å². The Labute approximate surface area is 90.4 Å². The van der Waals surface area contributed by atoms with Crippen LogP contribution in [0.5, 0.6) is 0 Å². The smallest absolute Gasteiger partial charge is 0.125 e. The van der Waals surface area contributed by atoms with Gasteiger partial charge in [-0.05, 0) is 18.2 Å².